The molecule has 0 radical (unpaired) electrons. The molecule has 6 nitrogen and oxygen atoms in total. The molecular weight excluding hydrogens is 244 g/mol. The van der Waals surface area contributed by atoms with Crippen LogP contribution in [0.15, 0.2) is 36.5 Å². The third kappa shape index (κ3) is 2.92. The second-order valence-corrected chi connectivity index (χ2v) is 3.88. The Bertz CT molecular complexity index is 596. The number of aromatic nitrogens is 1. The minimum atomic E-state index is -0.587. The van der Waals surface area contributed by atoms with Gasteiger partial charge in [-0.05, 0) is 30.3 Å². The average molecular weight is 258 g/mol. The minimum Gasteiger partial charge on any atom is -0.497 e. The molecule has 2 aromatic rings. The second-order valence-electron chi connectivity index (χ2n) is 3.88. The first-order chi connectivity index (χ1) is 9.10. The molecule has 0 aliphatic heterocycles. The van der Waals surface area contributed by atoms with E-state index >= 15 is 0 Å². The van der Waals surface area contributed by atoms with Gasteiger partial charge in [0.2, 0.25) is 0 Å². The van der Waals surface area contributed by atoms with Crippen LogP contribution >= 0.6 is 0 Å². The number of benzene rings is 1. The Kier molecular flexibility index (Phi) is 3.51. The number of hydrogen-bond donors (Lipinski definition) is 3. The van der Waals surface area contributed by atoms with Gasteiger partial charge in [0.05, 0.1) is 24.6 Å². The number of methoxy groups -OCH3 is 1. The number of amides is 1. The average Bonchev–Trinajstić information content (AvgIpc) is 2.41. The molecule has 0 saturated carbocycles. The SMILES string of the molecule is COc1ccc(Nc2ncc(N)cc2C(N)=O)cc1. The van der Waals surface area contributed by atoms with Crippen LogP contribution in [0.25, 0.3) is 0 Å². The Morgan fingerprint density at radius 1 is 1.32 bits per heavy atom. The Morgan fingerprint density at radius 3 is 2.58 bits per heavy atom. The summed E-state index contributed by atoms with van der Waals surface area (Å²) in [6, 6.07) is 8.69. The van der Waals surface area contributed by atoms with Crippen LogP contribution in [0.2, 0.25) is 0 Å². The van der Waals surface area contributed by atoms with Crippen LogP contribution in [0.1, 0.15) is 10.4 Å². The zero-order valence-electron chi connectivity index (χ0n) is 10.4. The maximum atomic E-state index is 11.3. The first-order valence-corrected chi connectivity index (χ1v) is 5.56. The van der Waals surface area contributed by atoms with Crippen LogP contribution in [0, 0.1) is 0 Å². The number of anilines is 3. The Balaban J connectivity index is 2.29. The smallest absolute Gasteiger partial charge is 0.252 e. The number of nitrogen functional groups attached to an aromatic ring is 1. The zero-order chi connectivity index (χ0) is 13.8. The number of hydrogen-bond acceptors (Lipinski definition) is 5. The highest BCUT2D eigenvalue weighted by atomic mass is 16.5. The summed E-state index contributed by atoms with van der Waals surface area (Å²) in [5, 5.41) is 3.01. The van der Waals surface area contributed by atoms with E-state index in [1.807, 2.05) is 12.1 Å². The molecule has 0 unspecified atom stereocenters. The summed E-state index contributed by atoms with van der Waals surface area (Å²) in [5.41, 5.74) is 12.3. The predicted molar refractivity (Wildman–Crippen MR) is 73.4 cm³/mol. The third-order valence-electron chi connectivity index (χ3n) is 2.53. The molecule has 2 rings (SSSR count). The van der Waals surface area contributed by atoms with Crippen LogP contribution < -0.4 is 21.5 Å². The molecule has 1 heterocycles. The van der Waals surface area contributed by atoms with Crippen LogP contribution in [-0.4, -0.2) is 18.0 Å². The number of nitrogens with two attached hydrogens (primary N) is 2. The molecule has 1 amide bonds. The fourth-order valence-corrected chi connectivity index (χ4v) is 1.58. The number of pyridine rings is 1. The van der Waals surface area contributed by atoms with E-state index < -0.39 is 5.91 Å². The lowest BCUT2D eigenvalue weighted by Crippen LogP contribution is -2.14. The van der Waals surface area contributed by atoms with Crippen molar-refractivity contribution in [1.82, 2.24) is 4.98 Å². The molecule has 0 spiro atoms. The van der Waals surface area contributed by atoms with Gasteiger partial charge in [0.15, 0.2) is 0 Å². The largest absolute Gasteiger partial charge is 0.497 e. The van der Waals surface area contributed by atoms with Crippen molar-refractivity contribution in [2.45, 2.75) is 0 Å². The molecular formula is C13H14N4O2. The summed E-state index contributed by atoms with van der Waals surface area (Å²) in [6.07, 6.45) is 1.46. The molecule has 5 N–H and O–H groups in total. The summed E-state index contributed by atoms with van der Waals surface area (Å²) in [5.74, 6) is 0.522. The first-order valence-electron chi connectivity index (χ1n) is 5.56. The molecule has 98 valence electrons. The Morgan fingerprint density at radius 2 is 2.00 bits per heavy atom. The van der Waals surface area contributed by atoms with Gasteiger partial charge in [-0.3, -0.25) is 4.79 Å². The molecule has 1 aromatic heterocycles. The lowest BCUT2D eigenvalue weighted by atomic mass is 10.2. The number of rotatable bonds is 4. The van der Waals surface area contributed by atoms with E-state index in [0.29, 0.717) is 11.5 Å². The zero-order valence-corrected chi connectivity index (χ0v) is 10.4. The molecule has 0 atom stereocenters. The van der Waals surface area contributed by atoms with E-state index in [0.717, 1.165) is 11.4 Å². The number of ether oxygens (including phenoxy) is 1. The minimum absolute atomic E-state index is 0.246. The van der Waals surface area contributed by atoms with Crippen LogP contribution in [0.3, 0.4) is 0 Å². The summed E-state index contributed by atoms with van der Waals surface area (Å²) in [7, 11) is 1.59. The first kappa shape index (κ1) is 12.7. The van der Waals surface area contributed by atoms with E-state index in [-0.39, 0.29) is 5.56 Å². The number of carbonyl (C=O) groups excluding carboxylic acids is 1. The van der Waals surface area contributed by atoms with Gasteiger partial charge in [-0.25, -0.2) is 4.98 Å². The normalized spacial score (nSPS) is 9.95. The quantitative estimate of drug-likeness (QED) is 0.771. The van der Waals surface area contributed by atoms with E-state index in [9.17, 15) is 4.79 Å². The van der Waals surface area contributed by atoms with Crippen molar-refractivity contribution in [3.05, 3.63) is 42.1 Å². The Labute approximate surface area is 110 Å². The van der Waals surface area contributed by atoms with Gasteiger partial charge >= 0.3 is 0 Å². The van der Waals surface area contributed by atoms with E-state index in [4.69, 9.17) is 16.2 Å². The van der Waals surface area contributed by atoms with Gasteiger partial charge in [-0.15, -0.1) is 0 Å². The van der Waals surface area contributed by atoms with Gasteiger partial charge in [-0.2, -0.15) is 0 Å². The highest BCUT2D eigenvalue weighted by molar-refractivity contribution is 5.99. The monoisotopic (exact) mass is 258 g/mol. The van der Waals surface area contributed by atoms with Crippen LogP contribution in [0.4, 0.5) is 17.2 Å². The number of carbonyl (C=O) groups is 1. The molecule has 0 aliphatic carbocycles. The summed E-state index contributed by atoms with van der Waals surface area (Å²) >= 11 is 0. The van der Waals surface area contributed by atoms with Gasteiger partial charge in [0.25, 0.3) is 5.91 Å². The lowest BCUT2D eigenvalue weighted by molar-refractivity contribution is 0.100. The molecule has 0 fully saturated rings. The second kappa shape index (κ2) is 5.26. The van der Waals surface area contributed by atoms with Crippen LogP contribution in [0.5, 0.6) is 5.75 Å². The van der Waals surface area contributed by atoms with Crippen molar-refractivity contribution in [1.29, 1.82) is 0 Å². The molecule has 1 aromatic carbocycles. The number of nitrogens with zero attached hydrogens (tertiary/aromatic N) is 1. The van der Waals surface area contributed by atoms with Gasteiger partial charge < -0.3 is 21.5 Å². The van der Waals surface area contributed by atoms with Gasteiger partial charge in [0, 0.05) is 5.69 Å². The van der Waals surface area contributed by atoms with Crippen molar-refractivity contribution in [3.63, 3.8) is 0 Å². The van der Waals surface area contributed by atoms with E-state index in [1.165, 1.54) is 12.3 Å². The Hall–Kier alpha value is -2.76. The molecule has 0 bridgehead atoms. The predicted octanol–water partition coefficient (Wildman–Crippen LogP) is 1.51. The van der Waals surface area contributed by atoms with Crippen molar-refractivity contribution in [2.24, 2.45) is 5.73 Å². The maximum absolute atomic E-state index is 11.3. The van der Waals surface area contributed by atoms with Crippen molar-refractivity contribution >= 4 is 23.1 Å². The number of nitrogens with one attached hydrogen (secondary N) is 1. The highest BCUT2D eigenvalue weighted by Gasteiger charge is 2.10. The van der Waals surface area contributed by atoms with Gasteiger partial charge in [0.1, 0.15) is 11.6 Å². The van der Waals surface area contributed by atoms with Crippen molar-refractivity contribution < 1.29 is 9.53 Å². The molecule has 19 heavy (non-hydrogen) atoms. The summed E-state index contributed by atoms with van der Waals surface area (Å²) in [4.78, 5) is 15.4. The van der Waals surface area contributed by atoms with Gasteiger partial charge in [-0.1, -0.05) is 0 Å². The van der Waals surface area contributed by atoms with Crippen molar-refractivity contribution in [3.8, 4) is 5.75 Å². The lowest BCUT2D eigenvalue weighted by Gasteiger charge is -2.10. The molecule has 0 saturated heterocycles. The summed E-state index contributed by atoms with van der Waals surface area (Å²) < 4.78 is 5.06. The fraction of sp³-hybridized carbons (Fsp3) is 0.0769. The third-order valence-corrected chi connectivity index (χ3v) is 2.53. The maximum Gasteiger partial charge on any atom is 0.252 e. The molecule has 0 aliphatic rings. The standard InChI is InChI=1S/C13H14N4O2/c1-19-10-4-2-9(3-5-10)17-13-11(12(15)18)6-8(14)7-16-13/h2-7H,14H2,1H3,(H2,15,18)(H,16,17). The van der Waals surface area contributed by atoms with E-state index in [1.54, 1.807) is 19.2 Å². The fourth-order valence-electron chi connectivity index (χ4n) is 1.58. The van der Waals surface area contributed by atoms with Crippen molar-refractivity contribution in [2.75, 3.05) is 18.2 Å². The molecule has 6 heteroatoms. The number of primary amides is 1. The van der Waals surface area contributed by atoms with E-state index in [2.05, 4.69) is 10.3 Å². The highest BCUT2D eigenvalue weighted by Crippen LogP contribution is 2.22. The summed E-state index contributed by atoms with van der Waals surface area (Å²) in [6.45, 7) is 0. The van der Waals surface area contributed by atoms with Crippen LogP contribution in [-0.2, 0) is 0 Å². The topological polar surface area (TPSA) is 103 Å².